The van der Waals surface area contributed by atoms with Crippen molar-refractivity contribution in [1.82, 2.24) is 0 Å². The van der Waals surface area contributed by atoms with Gasteiger partial charge in [0.25, 0.3) is 0 Å². The Kier molecular flexibility index (Phi) is 9.64. The van der Waals surface area contributed by atoms with Crippen LogP contribution >= 0.6 is 31.9 Å². The summed E-state index contributed by atoms with van der Waals surface area (Å²) in [6, 6.07) is 0. The van der Waals surface area contributed by atoms with Crippen molar-refractivity contribution in [3.05, 3.63) is 0 Å². The molecule has 1 atom stereocenters. The fraction of sp³-hybridized carbons (Fsp3) is 0.900. The number of carbonyl (C=O) groups excluding carboxylic acids is 1. The number of carbonyl (C=O) groups is 1. The average Bonchev–Trinajstić information content (AvgIpc) is 2.16. The molecule has 0 rings (SSSR count). The monoisotopic (exact) mass is 312 g/mol. The molecule has 78 valence electrons. The van der Waals surface area contributed by atoms with Gasteiger partial charge in [0.1, 0.15) is 0 Å². The van der Waals surface area contributed by atoms with Crippen molar-refractivity contribution >= 4 is 37.6 Å². The topological polar surface area (TPSA) is 17.1 Å². The predicted octanol–water partition coefficient (Wildman–Crippen LogP) is 4.07. The zero-order valence-corrected chi connectivity index (χ0v) is 11.4. The summed E-state index contributed by atoms with van der Waals surface area (Å²) in [5.74, 6) is 0.260. The second-order valence-corrected chi connectivity index (χ2v) is 4.94. The van der Waals surface area contributed by atoms with E-state index < -0.39 is 0 Å². The first kappa shape index (κ1) is 13.6. The van der Waals surface area contributed by atoms with Crippen molar-refractivity contribution in [1.29, 1.82) is 0 Å². The van der Waals surface area contributed by atoms with Crippen LogP contribution in [-0.2, 0) is 4.79 Å². The average molecular weight is 314 g/mol. The van der Waals surface area contributed by atoms with Gasteiger partial charge in [0.2, 0.25) is 0 Å². The Morgan fingerprint density at radius 3 is 2.38 bits per heavy atom. The summed E-state index contributed by atoms with van der Waals surface area (Å²) in [7, 11) is 0. The van der Waals surface area contributed by atoms with Gasteiger partial charge in [0.05, 0.1) is 10.2 Å². The van der Waals surface area contributed by atoms with E-state index in [0.29, 0.717) is 5.33 Å². The van der Waals surface area contributed by atoms with E-state index in [-0.39, 0.29) is 10.6 Å². The molecule has 0 aliphatic carbocycles. The van der Waals surface area contributed by atoms with E-state index in [0.717, 1.165) is 12.8 Å². The number of alkyl halides is 2. The highest BCUT2D eigenvalue weighted by Crippen LogP contribution is 2.14. The molecule has 0 bridgehead atoms. The molecule has 0 aliphatic heterocycles. The molecule has 0 amide bonds. The molecule has 1 nitrogen and oxygen atoms in total. The van der Waals surface area contributed by atoms with E-state index in [1.807, 2.05) is 0 Å². The minimum atomic E-state index is 0.0634. The zero-order valence-electron chi connectivity index (χ0n) is 8.19. The third kappa shape index (κ3) is 7.68. The Hall–Kier alpha value is 0.630. The van der Waals surface area contributed by atoms with Crippen LogP contribution in [0.3, 0.4) is 0 Å². The molecule has 0 saturated heterocycles. The van der Waals surface area contributed by atoms with Gasteiger partial charge in [0.15, 0.2) is 5.78 Å². The Morgan fingerprint density at radius 2 is 1.85 bits per heavy atom. The van der Waals surface area contributed by atoms with Crippen molar-refractivity contribution in [2.75, 3.05) is 5.33 Å². The van der Waals surface area contributed by atoms with Gasteiger partial charge in [-0.25, -0.2) is 0 Å². The lowest BCUT2D eigenvalue weighted by Gasteiger charge is -2.05. The molecular weight excluding hydrogens is 296 g/mol. The summed E-state index contributed by atoms with van der Waals surface area (Å²) < 4.78 is 0. The zero-order chi connectivity index (χ0) is 10.1. The first-order chi connectivity index (χ1) is 6.22. The molecule has 0 N–H and O–H groups in total. The normalized spacial score (nSPS) is 12.8. The molecule has 1 unspecified atom stereocenters. The van der Waals surface area contributed by atoms with Gasteiger partial charge in [-0.15, -0.1) is 0 Å². The van der Waals surface area contributed by atoms with Crippen molar-refractivity contribution < 1.29 is 4.79 Å². The van der Waals surface area contributed by atoms with E-state index in [9.17, 15) is 4.79 Å². The summed E-state index contributed by atoms with van der Waals surface area (Å²) >= 11 is 6.56. The molecule has 0 aromatic carbocycles. The van der Waals surface area contributed by atoms with Crippen LogP contribution < -0.4 is 0 Å². The van der Waals surface area contributed by atoms with Gasteiger partial charge in [0, 0.05) is 0 Å². The Morgan fingerprint density at radius 1 is 1.23 bits per heavy atom. The number of ketones is 1. The van der Waals surface area contributed by atoms with Crippen molar-refractivity contribution in [2.45, 2.75) is 50.3 Å². The van der Waals surface area contributed by atoms with E-state index in [1.54, 1.807) is 0 Å². The van der Waals surface area contributed by atoms with Crippen molar-refractivity contribution in [2.24, 2.45) is 0 Å². The third-order valence-electron chi connectivity index (χ3n) is 2.04. The molecular formula is C10H18Br2O. The van der Waals surface area contributed by atoms with Crippen LogP contribution in [0, 0.1) is 0 Å². The molecule has 3 heteroatoms. The molecule has 0 heterocycles. The number of hydrogen-bond acceptors (Lipinski definition) is 1. The SMILES string of the molecule is CCCCCCCC(Br)C(=O)CBr. The Balaban J connectivity index is 3.26. The molecule has 0 saturated carbocycles. The Labute approximate surface area is 97.9 Å². The van der Waals surface area contributed by atoms with Crippen LogP contribution in [0.25, 0.3) is 0 Å². The van der Waals surface area contributed by atoms with Gasteiger partial charge in [-0.3, -0.25) is 4.79 Å². The first-order valence-electron chi connectivity index (χ1n) is 4.95. The predicted molar refractivity (Wildman–Crippen MR) is 64.9 cm³/mol. The van der Waals surface area contributed by atoms with E-state index >= 15 is 0 Å². The highest BCUT2D eigenvalue weighted by atomic mass is 79.9. The highest BCUT2D eigenvalue weighted by molar-refractivity contribution is 9.10. The molecule has 13 heavy (non-hydrogen) atoms. The lowest BCUT2D eigenvalue weighted by molar-refractivity contribution is -0.116. The fourth-order valence-electron chi connectivity index (χ4n) is 1.17. The number of halogens is 2. The minimum absolute atomic E-state index is 0.0634. The molecule has 0 aliphatic rings. The maximum absolute atomic E-state index is 11.1. The summed E-state index contributed by atoms with van der Waals surface area (Å²) in [4.78, 5) is 11.2. The molecule has 0 aromatic rings. The third-order valence-corrected chi connectivity index (χ3v) is 3.56. The summed E-state index contributed by atoms with van der Waals surface area (Å²) in [6.07, 6.45) is 7.30. The van der Waals surface area contributed by atoms with Crippen LogP contribution in [-0.4, -0.2) is 15.9 Å². The second-order valence-electron chi connectivity index (χ2n) is 3.27. The van der Waals surface area contributed by atoms with Gasteiger partial charge in [-0.1, -0.05) is 70.9 Å². The Bertz CT molecular complexity index is 137. The van der Waals surface area contributed by atoms with E-state index in [1.165, 1.54) is 25.7 Å². The second kappa shape index (κ2) is 9.20. The lowest BCUT2D eigenvalue weighted by atomic mass is 10.1. The smallest absolute Gasteiger partial charge is 0.156 e. The molecule has 0 aromatic heterocycles. The van der Waals surface area contributed by atoms with Gasteiger partial charge < -0.3 is 0 Å². The van der Waals surface area contributed by atoms with Crippen LogP contribution in [0.2, 0.25) is 0 Å². The largest absolute Gasteiger partial charge is 0.298 e. The number of hydrogen-bond donors (Lipinski definition) is 0. The molecule has 0 spiro atoms. The van der Waals surface area contributed by atoms with E-state index in [2.05, 4.69) is 38.8 Å². The van der Waals surface area contributed by atoms with Gasteiger partial charge in [-0.05, 0) is 6.42 Å². The van der Waals surface area contributed by atoms with Crippen molar-refractivity contribution in [3.8, 4) is 0 Å². The van der Waals surface area contributed by atoms with Crippen LogP contribution in [0.4, 0.5) is 0 Å². The number of rotatable bonds is 8. The van der Waals surface area contributed by atoms with Crippen LogP contribution in [0.1, 0.15) is 45.4 Å². The molecule has 0 fully saturated rings. The first-order valence-corrected chi connectivity index (χ1v) is 6.98. The van der Waals surface area contributed by atoms with Crippen LogP contribution in [0.5, 0.6) is 0 Å². The highest BCUT2D eigenvalue weighted by Gasteiger charge is 2.11. The van der Waals surface area contributed by atoms with Crippen LogP contribution in [0.15, 0.2) is 0 Å². The van der Waals surface area contributed by atoms with E-state index in [4.69, 9.17) is 0 Å². The maximum atomic E-state index is 11.1. The fourth-order valence-corrected chi connectivity index (χ4v) is 2.48. The number of unbranched alkanes of at least 4 members (excludes halogenated alkanes) is 4. The summed E-state index contributed by atoms with van der Waals surface area (Å²) in [6.45, 7) is 2.21. The number of Topliss-reactive ketones (excluding diaryl/α,β-unsaturated/α-hetero) is 1. The summed E-state index contributed by atoms with van der Waals surface area (Å²) in [5, 5.41) is 0.470. The minimum Gasteiger partial charge on any atom is -0.298 e. The van der Waals surface area contributed by atoms with Crippen molar-refractivity contribution in [3.63, 3.8) is 0 Å². The standard InChI is InChI=1S/C10H18Br2O/c1-2-3-4-5-6-7-9(12)10(13)8-11/h9H,2-8H2,1H3. The van der Waals surface area contributed by atoms with Gasteiger partial charge >= 0.3 is 0 Å². The quantitative estimate of drug-likeness (QED) is 0.487. The van der Waals surface area contributed by atoms with Gasteiger partial charge in [-0.2, -0.15) is 0 Å². The molecule has 0 radical (unpaired) electrons. The lowest BCUT2D eigenvalue weighted by Crippen LogP contribution is -2.14. The summed E-state index contributed by atoms with van der Waals surface area (Å²) in [5.41, 5.74) is 0. The maximum Gasteiger partial charge on any atom is 0.156 e.